The Morgan fingerprint density at radius 2 is 1.77 bits per heavy atom. The molecule has 1 atom stereocenters. The van der Waals surface area contributed by atoms with E-state index in [2.05, 4.69) is 10.4 Å². The van der Waals surface area contributed by atoms with Gasteiger partial charge >= 0.3 is 0 Å². The molecule has 3 heterocycles. The molecule has 0 spiro atoms. The van der Waals surface area contributed by atoms with E-state index in [9.17, 15) is 4.79 Å². The van der Waals surface area contributed by atoms with Crippen LogP contribution < -0.4 is 5.32 Å². The van der Waals surface area contributed by atoms with Crippen molar-refractivity contribution in [1.82, 2.24) is 19.9 Å². The van der Waals surface area contributed by atoms with E-state index in [4.69, 9.17) is 9.72 Å². The number of aromatic nitrogens is 3. The molecule has 5 rings (SSSR count). The molecule has 1 aliphatic heterocycles. The van der Waals surface area contributed by atoms with E-state index in [-0.39, 0.29) is 12.0 Å². The molecule has 150 valence electrons. The third-order valence-electron chi connectivity index (χ3n) is 5.31. The molecule has 1 fully saturated rings. The van der Waals surface area contributed by atoms with E-state index < -0.39 is 0 Å². The number of amides is 1. The van der Waals surface area contributed by atoms with Gasteiger partial charge in [-0.2, -0.15) is 5.10 Å². The number of rotatable bonds is 5. The number of ether oxygens (including phenoxy) is 1. The summed E-state index contributed by atoms with van der Waals surface area (Å²) < 4.78 is 7.33. The first-order chi connectivity index (χ1) is 14.8. The molecule has 6 nitrogen and oxygen atoms in total. The van der Waals surface area contributed by atoms with Crippen molar-refractivity contribution in [3.05, 3.63) is 78.5 Å². The Kier molecular flexibility index (Phi) is 4.99. The molecule has 1 aliphatic rings. The van der Waals surface area contributed by atoms with Crippen molar-refractivity contribution in [2.75, 3.05) is 13.2 Å². The van der Waals surface area contributed by atoms with Gasteiger partial charge in [-0.1, -0.05) is 60.7 Å². The van der Waals surface area contributed by atoms with Crippen LogP contribution in [-0.2, 0) is 4.74 Å². The average molecular weight is 398 g/mol. The molecular formula is C24H22N4O2. The average Bonchev–Trinajstić information content (AvgIpc) is 3.48. The van der Waals surface area contributed by atoms with Gasteiger partial charge < -0.3 is 10.1 Å². The lowest BCUT2D eigenvalue weighted by Crippen LogP contribution is -2.32. The van der Waals surface area contributed by atoms with Gasteiger partial charge in [0.25, 0.3) is 5.91 Å². The van der Waals surface area contributed by atoms with Crippen molar-refractivity contribution < 1.29 is 9.53 Å². The van der Waals surface area contributed by atoms with Crippen LogP contribution in [0.3, 0.4) is 0 Å². The van der Waals surface area contributed by atoms with Crippen molar-refractivity contribution in [1.29, 1.82) is 0 Å². The normalized spacial score (nSPS) is 16.1. The first-order valence-corrected chi connectivity index (χ1v) is 10.2. The fraction of sp³-hybridized carbons (Fsp3) is 0.208. The highest BCUT2D eigenvalue weighted by molar-refractivity contribution is 5.93. The summed E-state index contributed by atoms with van der Waals surface area (Å²) in [6.45, 7) is 1.27. The molecule has 1 amide bonds. The van der Waals surface area contributed by atoms with E-state index in [0.717, 1.165) is 42.0 Å². The largest absolute Gasteiger partial charge is 0.376 e. The quantitative estimate of drug-likeness (QED) is 0.552. The van der Waals surface area contributed by atoms with Crippen LogP contribution in [-0.4, -0.2) is 39.8 Å². The van der Waals surface area contributed by atoms with Crippen LogP contribution in [0.4, 0.5) is 0 Å². The van der Waals surface area contributed by atoms with E-state index >= 15 is 0 Å². The molecule has 0 unspecified atom stereocenters. The molecular weight excluding hydrogens is 376 g/mol. The third-order valence-corrected chi connectivity index (χ3v) is 5.31. The third kappa shape index (κ3) is 3.69. The Labute approximate surface area is 174 Å². The fourth-order valence-electron chi connectivity index (χ4n) is 3.76. The maximum Gasteiger partial charge on any atom is 0.271 e. The van der Waals surface area contributed by atoms with Gasteiger partial charge in [0, 0.05) is 30.3 Å². The molecule has 30 heavy (non-hydrogen) atoms. The van der Waals surface area contributed by atoms with Crippen LogP contribution in [0.2, 0.25) is 0 Å². The molecule has 0 bridgehead atoms. The minimum absolute atomic E-state index is 0.0914. The first-order valence-electron chi connectivity index (χ1n) is 10.2. The molecule has 1 N–H and O–H groups in total. The van der Waals surface area contributed by atoms with Gasteiger partial charge in [0.15, 0.2) is 11.3 Å². The standard InChI is InChI=1S/C24H22N4O2/c29-24(25-16-19-12-7-13-30-19)21-15-23-26-20(17-8-3-1-4-9-17)14-22(28(23)27-21)18-10-5-2-6-11-18/h1-6,8-11,14-15,19H,7,12-13,16H2,(H,25,29)/t19-/m0/s1. The van der Waals surface area contributed by atoms with Crippen LogP contribution in [0.25, 0.3) is 28.2 Å². The molecule has 0 radical (unpaired) electrons. The minimum atomic E-state index is -0.212. The van der Waals surface area contributed by atoms with Crippen LogP contribution in [0.1, 0.15) is 23.3 Å². The number of nitrogens with zero attached hydrogens (tertiary/aromatic N) is 3. The predicted molar refractivity (Wildman–Crippen MR) is 115 cm³/mol. The number of carbonyl (C=O) groups excluding carboxylic acids is 1. The second-order valence-electron chi connectivity index (χ2n) is 7.40. The summed E-state index contributed by atoms with van der Waals surface area (Å²) in [6, 6.07) is 23.8. The monoisotopic (exact) mass is 398 g/mol. The highest BCUT2D eigenvalue weighted by atomic mass is 16.5. The van der Waals surface area contributed by atoms with Crippen LogP contribution in [0.5, 0.6) is 0 Å². The molecule has 0 saturated carbocycles. The Hall–Kier alpha value is -3.51. The van der Waals surface area contributed by atoms with Gasteiger partial charge in [-0.15, -0.1) is 0 Å². The predicted octanol–water partition coefficient (Wildman–Crippen LogP) is 3.97. The summed E-state index contributed by atoms with van der Waals surface area (Å²) in [5, 5.41) is 7.51. The SMILES string of the molecule is O=C(NC[C@@H]1CCCO1)c1cc2nc(-c3ccccc3)cc(-c3ccccc3)n2n1. The zero-order chi connectivity index (χ0) is 20.3. The van der Waals surface area contributed by atoms with E-state index in [0.29, 0.717) is 17.9 Å². The lowest BCUT2D eigenvalue weighted by Gasteiger charge is -2.09. The second kappa shape index (κ2) is 8.08. The summed E-state index contributed by atoms with van der Waals surface area (Å²) in [5.74, 6) is -0.212. The van der Waals surface area contributed by atoms with Gasteiger partial charge in [-0.25, -0.2) is 9.50 Å². The Bertz CT molecular complexity index is 1170. The summed E-state index contributed by atoms with van der Waals surface area (Å²) in [4.78, 5) is 17.5. The summed E-state index contributed by atoms with van der Waals surface area (Å²) in [5.41, 5.74) is 4.74. The Balaban J connectivity index is 1.54. The van der Waals surface area contributed by atoms with Crippen molar-refractivity contribution >= 4 is 11.6 Å². The lowest BCUT2D eigenvalue weighted by molar-refractivity contribution is 0.0853. The van der Waals surface area contributed by atoms with Gasteiger partial charge in [0.2, 0.25) is 0 Å². The van der Waals surface area contributed by atoms with E-state index in [1.165, 1.54) is 0 Å². The molecule has 0 aliphatic carbocycles. The minimum Gasteiger partial charge on any atom is -0.376 e. The zero-order valence-electron chi connectivity index (χ0n) is 16.5. The molecule has 6 heteroatoms. The Morgan fingerprint density at radius 1 is 1.03 bits per heavy atom. The van der Waals surface area contributed by atoms with Crippen LogP contribution >= 0.6 is 0 Å². The van der Waals surface area contributed by atoms with Crippen molar-refractivity contribution in [2.24, 2.45) is 0 Å². The summed E-state index contributed by atoms with van der Waals surface area (Å²) >= 11 is 0. The van der Waals surface area contributed by atoms with Crippen LogP contribution in [0, 0.1) is 0 Å². The smallest absolute Gasteiger partial charge is 0.271 e. The number of fused-ring (bicyclic) bond motifs is 1. The number of hydrogen-bond donors (Lipinski definition) is 1. The van der Waals surface area contributed by atoms with Gasteiger partial charge in [-0.3, -0.25) is 4.79 Å². The molecule has 2 aromatic heterocycles. The van der Waals surface area contributed by atoms with Gasteiger partial charge in [0.05, 0.1) is 17.5 Å². The maximum atomic E-state index is 12.7. The second-order valence-corrected chi connectivity index (χ2v) is 7.40. The first kappa shape index (κ1) is 18.5. The maximum absolute atomic E-state index is 12.7. The number of nitrogens with one attached hydrogen (secondary N) is 1. The Morgan fingerprint density at radius 3 is 2.47 bits per heavy atom. The number of benzene rings is 2. The zero-order valence-corrected chi connectivity index (χ0v) is 16.5. The van der Waals surface area contributed by atoms with Gasteiger partial charge in [0.1, 0.15) is 0 Å². The van der Waals surface area contributed by atoms with Crippen molar-refractivity contribution in [3.8, 4) is 22.5 Å². The van der Waals surface area contributed by atoms with E-state index in [1.807, 2.05) is 66.7 Å². The number of carbonyl (C=O) groups is 1. The summed E-state index contributed by atoms with van der Waals surface area (Å²) in [6.07, 6.45) is 2.11. The van der Waals surface area contributed by atoms with E-state index in [1.54, 1.807) is 10.6 Å². The highest BCUT2D eigenvalue weighted by Crippen LogP contribution is 2.26. The van der Waals surface area contributed by atoms with Crippen molar-refractivity contribution in [2.45, 2.75) is 18.9 Å². The number of hydrogen-bond acceptors (Lipinski definition) is 4. The van der Waals surface area contributed by atoms with Gasteiger partial charge in [-0.05, 0) is 18.9 Å². The van der Waals surface area contributed by atoms with Crippen LogP contribution in [0.15, 0.2) is 72.8 Å². The molecule has 4 aromatic rings. The molecule has 1 saturated heterocycles. The topological polar surface area (TPSA) is 68.5 Å². The van der Waals surface area contributed by atoms with Crippen molar-refractivity contribution in [3.63, 3.8) is 0 Å². The summed E-state index contributed by atoms with van der Waals surface area (Å²) in [7, 11) is 0. The fourth-order valence-corrected chi connectivity index (χ4v) is 3.76. The lowest BCUT2D eigenvalue weighted by atomic mass is 10.1. The highest BCUT2D eigenvalue weighted by Gasteiger charge is 2.19. The molecule has 2 aromatic carbocycles.